The van der Waals surface area contributed by atoms with Gasteiger partial charge in [-0.05, 0) is 183 Å². The van der Waals surface area contributed by atoms with Crippen molar-refractivity contribution in [3.8, 4) is 11.5 Å². The molecule has 5 aromatic carbocycles. The SMILES string of the molecule is C1CCOC1.CCCCP(CCCC)CCCC.COC(=O)[C@@H]1[C@@H](CC(=O)OC(C)(C)C)[C@@H](Sc2ccc(OC)cc2)CN1C(=O)c1ccccc1.COC(=O)[C@@H]1[C@@H](CC(=O)OC(C)(C)C)[C@H](O)CN1C(=O)c1ccccc1.COc1ccc(SSc2ccc(CO)cc2)cc1. The number of likely N-dealkylation sites (tertiary alicyclic amines) is 2. The molecule has 96 heavy (non-hydrogen) atoms. The van der Waals surface area contributed by atoms with E-state index < -0.39 is 71.0 Å². The predicted molar refractivity (Wildman–Crippen MR) is 386 cm³/mol. The molecule has 3 fully saturated rings. The van der Waals surface area contributed by atoms with Crippen LogP contribution in [0.4, 0.5) is 0 Å². The topological polar surface area (TPSA) is 214 Å². The van der Waals surface area contributed by atoms with Gasteiger partial charge in [-0.25, -0.2) is 9.59 Å². The summed E-state index contributed by atoms with van der Waals surface area (Å²) in [6.45, 7) is 19.9. The fourth-order valence-electron chi connectivity index (χ4n) is 10.5. The first-order valence-corrected chi connectivity index (χ1v) is 38.1. The fraction of sp³-hybridized carbons (Fsp3) is 0.520. The minimum Gasteiger partial charge on any atom is -0.497 e. The van der Waals surface area contributed by atoms with Crippen LogP contribution in [0.5, 0.6) is 11.5 Å². The van der Waals surface area contributed by atoms with E-state index in [4.69, 9.17) is 38.3 Å². The molecule has 3 aliphatic heterocycles. The van der Waals surface area contributed by atoms with Crippen molar-refractivity contribution < 1.29 is 72.1 Å². The van der Waals surface area contributed by atoms with Crippen molar-refractivity contribution in [2.24, 2.45) is 11.8 Å². The lowest BCUT2D eigenvalue weighted by molar-refractivity contribution is -0.159. The quantitative estimate of drug-likeness (QED) is 0.0240. The lowest BCUT2D eigenvalue weighted by Crippen LogP contribution is -2.44. The molecule has 0 spiro atoms. The molecule has 3 aliphatic rings. The normalized spacial score (nSPS) is 18.0. The highest BCUT2D eigenvalue weighted by Crippen LogP contribution is 2.42. The molecule has 2 amide bonds. The minimum atomic E-state index is -1.05. The number of esters is 4. The Kier molecular flexibility index (Phi) is 37.7. The zero-order valence-electron chi connectivity index (χ0n) is 58.7. The van der Waals surface area contributed by atoms with Crippen LogP contribution >= 0.6 is 41.3 Å². The first kappa shape index (κ1) is 82.3. The summed E-state index contributed by atoms with van der Waals surface area (Å²) in [5, 5.41) is 19.1. The van der Waals surface area contributed by atoms with Crippen LogP contribution in [-0.4, -0.2) is 164 Å². The second-order valence-electron chi connectivity index (χ2n) is 25.3. The summed E-state index contributed by atoms with van der Waals surface area (Å²) in [6.07, 6.45) is 14.5. The van der Waals surface area contributed by atoms with Crippen molar-refractivity contribution in [1.29, 1.82) is 0 Å². The summed E-state index contributed by atoms with van der Waals surface area (Å²) < 4.78 is 36.0. The van der Waals surface area contributed by atoms with E-state index in [1.165, 1.54) is 96.9 Å². The number of ether oxygens (including phenoxy) is 7. The van der Waals surface area contributed by atoms with Crippen molar-refractivity contribution in [2.75, 3.05) is 73.2 Å². The summed E-state index contributed by atoms with van der Waals surface area (Å²) in [4.78, 5) is 82.5. The van der Waals surface area contributed by atoms with Gasteiger partial charge in [0.1, 0.15) is 34.8 Å². The number of carbonyl (C=O) groups is 6. The molecule has 5 aromatic rings. The Bertz CT molecular complexity index is 2980. The number of methoxy groups -OCH3 is 4. The van der Waals surface area contributed by atoms with Gasteiger partial charge in [0.15, 0.2) is 0 Å². The molecule has 3 heterocycles. The van der Waals surface area contributed by atoms with Crippen LogP contribution in [0.3, 0.4) is 0 Å². The number of benzene rings is 5. The zero-order valence-corrected chi connectivity index (χ0v) is 62.0. The van der Waals surface area contributed by atoms with Crippen LogP contribution in [0.25, 0.3) is 0 Å². The molecule has 6 atom stereocenters. The number of hydrogen-bond acceptors (Lipinski definition) is 18. The average molecular weight is 1400 g/mol. The number of amides is 2. The van der Waals surface area contributed by atoms with Crippen molar-refractivity contribution in [2.45, 2.75) is 182 Å². The van der Waals surface area contributed by atoms with Crippen LogP contribution < -0.4 is 9.47 Å². The predicted octanol–water partition coefficient (Wildman–Crippen LogP) is 15.2. The molecule has 17 nitrogen and oxygen atoms in total. The second kappa shape index (κ2) is 44.0. The minimum absolute atomic E-state index is 0.0105. The number of hydrogen-bond donors (Lipinski definition) is 2. The van der Waals surface area contributed by atoms with E-state index in [0.29, 0.717) is 19.0 Å². The summed E-state index contributed by atoms with van der Waals surface area (Å²) in [5.41, 5.74) is 0.470. The van der Waals surface area contributed by atoms with Gasteiger partial charge in [0, 0.05) is 69.2 Å². The maximum atomic E-state index is 13.4. The van der Waals surface area contributed by atoms with E-state index in [9.17, 15) is 33.9 Å². The maximum absolute atomic E-state index is 13.4. The number of rotatable bonds is 25. The second-order valence-corrected chi connectivity index (χ2v) is 31.5. The van der Waals surface area contributed by atoms with Crippen molar-refractivity contribution in [3.63, 3.8) is 0 Å². The van der Waals surface area contributed by atoms with Crippen molar-refractivity contribution >= 4 is 77.0 Å². The lowest BCUT2D eigenvalue weighted by Gasteiger charge is -2.27. The van der Waals surface area contributed by atoms with Gasteiger partial charge in [0.25, 0.3) is 11.8 Å². The smallest absolute Gasteiger partial charge is 0.329 e. The van der Waals surface area contributed by atoms with Crippen molar-refractivity contribution in [1.82, 2.24) is 9.80 Å². The summed E-state index contributed by atoms with van der Waals surface area (Å²) >= 11 is 1.52. The Morgan fingerprint density at radius 2 is 0.917 bits per heavy atom. The Labute approximate surface area is 584 Å². The molecule has 0 radical (unpaired) electrons. The van der Waals surface area contributed by atoms with Gasteiger partial charge in [0.05, 0.1) is 54.0 Å². The standard InChI is InChI=1S/C26H31NO6S.C19H25NO6.C14H14O2S2.C12H27P.C4H8O/c1-26(2,3)33-22(28)15-20-21(34-19-13-11-18(31-4)12-14-19)16-27(23(20)25(30)32-5)24(29)17-9-7-6-8-10-17;1-19(2,3)26-15(22)10-13-14(21)11-20(16(13)18(24)25-4)17(23)12-8-6-5-7-9-12;1-16-12-4-8-14(9-5-12)18-17-13-6-2-11(10-15)3-7-13;1-4-7-10-13(11-8-5-2)12-9-6-3;1-2-4-5-3-1/h6-14,20-21,23H,15-16H2,1-5H3;5-9,13-14,16,21H,10-11H2,1-4H3;2-9,15H,10H2,1H3;4-12H2,1-3H3;1-4H2/t20-,21-,23-;13-,14+,16-;;;/m00.../s1. The van der Waals surface area contributed by atoms with Gasteiger partial charge in [-0.1, -0.05) is 110 Å². The summed E-state index contributed by atoms with van der Waals surface area (Å²) in [6, 6.07) is 38.8. The molecule has 0 aliphatic carbocycles. The lowest BCUT2D eigenvalue weighted by atomic mass is 9.94. The molecule has 0 unspecified atom stereocenters. The number of nitrogens with zero attached hydrogens (tertiary/aromatic N) is 2. The number of aliphatic hydroxyl groups is 2. The van der Waals surface area contributed by atoms with Crippen LogP contribution in [0.1, 0.15) is 153 Å². The van der Waals surface area contributed by atoms with Crippen LogP contribution in [-0.2, 0) is 49.5 Å². The molecule has 528 valence electrons. The van der Waals surface area contributed by atoms with Gasteiger partial charge in [0.2, 0.25) is 0 Å². The first-order valence-electron chi connectivity index (χ1n) is 33.2. The Morgan fingerprint density at radius 1 is 0.531 bits per heavy atom. The number of unbranched alkanes of at least 4 members (excludes halogenated alkanes) is 3. The number of thioether (sulfide) groups is 1. The van der Waals surface area contributed by atoms with E-state index in [1.807, 2.05) is 78.9 Å². The molecule has 0 saturated carbocycles. The van der Waals surface area contributed by atoms with E-state index in [-0.39, 0.29) is 43.7 Å². The average Bonchev–Trinajstić information content (AvgIpc) is 1.64. The van der Waals surface area contributed by atoms with E-state index in [1.54, 1.807) is 150 Å². The third-order valence-electron chi connectivity index (χ3n) is 15.4. The molecule has 8 rings (SSSR count). The van der Waals surface area contributed by atoms with Gasteiger partial charge < -0.3 is 53.2 Å². The summed E-state index contributed by atoms with van der Waals surface area (Å²) in [7, 11) is 9.60. The van der Waals surface area contributed by atoms with E-state index in [0.717, 1.165) is 35.2 Å². The molecule has 21 heteroatoms. The van der Waals surface area contributed by atoms with Gasteiger partial charge in [-0.15, -0.1) is 19.7 Å². The van der Waals surface area contributed by atoms with Gasteiger partial charge in [-0.2, -0.15) is 0 Å². The van der Waals surface area contributed by atoms with E-state index >= 15 is 0 Å². The molecule has 0 aromatic heterocycles. The zero-order chi connectivity index (χ0) is 70.6. The Hall–Kier alpha value is -6.12. The largest absolute Gasteiger partial charge is 0.497 e. The highest BCUT2D eigenvalue weighted by atomic mass is 33.1. The molecule has 2 N–H and O–H groups in total. The first-order chi connectivity index (χ1) is 45.9. The molecule has 3 saturated heterocycles. The number of carbonyl (C=O) groups excluding carboxylic acids is 6. The van der Waals surface area contributed by atoms with Gasteiger partial charge in [-0.3, -0.25) is 19.2 Å². The molecule has 0 bridgehead atoms. The molecular weight excluding hydrogens is 1300 g/mol. The summed E-state index contributed by atoms with van der Waals surface area (Å²) in [5.74, 6) is -2.51. The van der Waals surface area contributed by atoms with E-state index in [2.05, 4.69) is 20.8 Å². The maximum Gasteiger partial charge on any atom is 0.329 e. The van der Waals surface area contributed by atoms with Crippen LogP contribution in [0.2, 0.25) is 0 Å². The number of β-amino-alcohol motifs (C(OH)–C–C–N with tert-alkyl or cyclic N) is 1. The van der Waals surface area contributed by atoms with Crippen LogP contribution in [0, 0.1) is 11.8 Å². The fourth-order valence-corrected chi connectivity index (χ4v) is 16.7. The van der Waals surface area contributed by atoms with Crippen molar-refractivity contribution in [3.05, 3.63) is 150 Å². The van der Waals surface area contributed by atoms with Crippen LogP contribution in [0.15, 0.2) is 148 Å². The number of aliphatic hydroxyl groups excluding tert-OH is 2. The van der Waals surface area contributed by atoms with Gasteiger partial charge >= 0.3 is 23.9 Å². The Morgan fingerprint density at radius 3 is 1.28 bits per heavy atom. The Balaban J connectivity index is 0.000000279. The molecular formula is C75H105N2O15PS3. The third-order valence-corrected chi connectivity index (χ3v) is 22.0. The third kappa shape index (κ3) is 29.5. The highest BCUT2D eigenvalue weighted by molar-refractivity contribution is 8.76. The monoisotopic (exact) mass is 1400 g/mol. The highest BCUT2D eigenvalue weighted by Gasteiger charge is 2.51.